The van der Waals surface area contributed by atoms with Crippen LogP contribution in [0.5, 0.6) is 0 Å². The van der Waals surface area contributed by atoms with Crippen LogP contribution < -0.4 is 4.72 Å². The molecule has 0 radical (unpaired) electrons. The van der Waals surface area contributed by atoms with Crippen molar-refractivity contribution in [1.29, 1.82) is 0 Å². The zero-order valence-corrected chi connectivity index (χ0v) is 4.81. The van der Waals surface area contributed by atoms with Gasteiger partial charge in [-0.2, -0.15) is 13.1 Å². The lowest BCUT2D eigenvalue weighted by molar-refractivity contribution is 0.423. The molecule has 8 heavy (non-hydrogen) atoms. The summed E-state index contributed by atoms with van der Waals surface area (Å²) in [7, 11) is -3.42. The molecular weight excluding hydrogens is 130 g/mol. The summed E-state index contributed by atoms with van der Waals surface area (Å²) in [6.45, 7) is 0.322. The zero-order chi connectivity index (χ0) is 6.04. The molecular formula is C3H5NO3S. The van der Waals surface area contributed by atoms with E-state index in [1.165, 1.54) is 0 Å². The molecule has 0 atom stereocenters. The van der Waals surface area contributed by atoms with Crippen LogP contribution in [0.15, 0.2) is 12.3 Å². The summed E-state index contributed by atoms with van der Waals surface area (Å²) < 4.78 is 26.8. The molecule has 1 rings (SSSR count). The predicted molar refractivity (Wildman–Crippen MR) is 27.1 cm³/mol. The van der Waals surface area contributed by atoms with E-state index in [9.17, 15) is 8.42 Å². The third-order valence-electron chi connectivity index (χ3n) is 0.656. The van der Waals surface area contributed by atoms with E-state index >= 15 is 0 Å². The molecule has 0 saturated heterocycles. The van der Waals surface area contributed by atoms with Crippen LogP contribution in [0, 0.1) is 0 Å². The molecule has 0 aromatic carbocycles. The van der Waals surface area contributed by atoms with Gasteiger partial charge in [0.25, 0.3) is 0 Å². The Kier molecular flexibility index (Phi) is 1.22. The Morgan fingerprint density at radius 3 is 2.62 bits per heavy atom. The molecule has 4 nitrogen and oxygen atoms in total. The minimum absolute atomic E-state index is 0.322. The highest BCUT2D eigenvalue weighted by atomic mass is 32.2. The van der Waals surface area contributed by atoms with Crippen LogP contribution in [0.4, 0.5) is 0 Å². The van der Waals surface area contributed by atoms with Gasteiger partial charge in [-0.1, -0.05) is 0 Å². The molecule has 1 aliphatic rings. The third-order valence-corrected chi connectivity index (χ3v) is 1.54. The molecule has 0 bridgehead atoms. The van der Waals surface area contributed by atoms with Crippen molar-refractivity contribution in [1.82, 2.24) is 4.72 Å². The Balaban J connectivity index is 2.79. The summed E-state index contributed by atoms with van der Waals surface area (Å²) in [5.74, 6) is 0. The van der Waals surface area contributed by atoms with Crippen molar-refractivity contribution >= 4 is 10.3 Å². The van der Waals surface area contributed by atoms with Gasteiger partial charge in [-0.25, -0.2) is 0 Å². The van der Waals surface area contributed by atoms with Crippen molar-refractivity contribution in [2.75, 3.05) is 6.54 Å². The van der Waals surface area contributed by atoms with Crippen LogP contribution in [0.2, 0.25) is 0 Å². The van der Waals surface area contributed by atoms with Crippen molar-refractivity contribution in [3.05, 3.63) is 12.3 Å². The minimum atomic E-state index is -3.42. The number of hydrogen-bond acceptors (Lipinski definition) is 3. The molecule has 0 fully saturated rings. The quantitative estimate of drug-likeness (QED) is 0.481. The lowest BCUT2D eigenvalue weighted by atomic mass is 10.6. The smallest absolute Gasteiger partial charge is 0.379 e. The van der Waals surface area contributed by atoms with Crippen LogP contribution in [0.25, 0.3) is 0 Å². The molecule has 0 saturated carbocycles. The molecule has 0 spiro atoms. The van der Waals surface area contributed by atoms with Crippen LogP contribution >= 0.6 is 0 Å². The van der Waals surface area contributed by atoms with E-state index in [0.29, 0.717) is 6.54 Å². The maximum absolute atomic E-state index is 10.3. The first-order valence-electron chi connectivity index (χ1n) is 2.03. The monoisotopic (exact) mass is 135 g/mol. The van der Waals surface area contributed by atoms with E-state index in [0.717, 1.165) is 6.26 Å². The van der Waals surface area contributed by atoms with Crippen molar-refractivity contribution in [2.45, 2.75) is 0 Å². The van der Waals surface area contributed by atoms with Gasteiger partial charge in [0.1, 0.15) is 6.26 Å². The summed E-state index contributed by atoms with van der Waals surface area (Å²) in [5, 5.41) is 0. The SMILES string of the molecule is O=S1(=O)NCC=CO1. The maximum atomic E-state index is 10.3. The second-order valence-corrected chi connectivity index (χ2v) is 2.66. The molecule has 1 heterocycles. The van der Waals surface area contributed by atoms with Crippen LogP contribution in [0.3, 0.4) is 0 Å². The van der Waals surface area contributed by atoms with Crippen LogP contribution in [-0.4, -0.2) is 15.0 Å². The van der Waals surface area contributed by atoms with Crippen LogP contribution in [0.1, 0.15) is 0 Å². The van der Waals surface area contributed by atoms with E-state index < -0.39 is 10.3 Å². The van der Waals surface area contributed by atoms with E-state index in [1.54, 1.807) is 6.08 Å². The Morgan fingerprint density at radius 1 is 1.62 bits per heavy atom. The Bertz CT molecular complexity index is 193. The largest absolute Gasteiger partial charge is 0.382 e. The number of nitrogens with one attached hydrogen (secondary N) is 1. The summed E-state index contributed by atoms with van der Waals surface area (Å²) in [6, 6.07) is 0. The number of hydrogen-bond donors (Lipinski definition) is 1. The van der Waals surface area contributed by atoms with Gasteiger partial charge in [0.05, 0.1) is 0 Å². The first-order chi connectivity index (χ1) is 3.71. The fourth-order valence-electron chi connectivity index (χ4n) is 0.345. The Morgan fingerprint density at radius 2 is 2.38 bits per heavy atom. The van der Waals surface area contributed by atoms with Gasteiger partial charge in [0.2, 0.25) is 0 Å². The van der Waals surface area contributed by atoms with Gasteiger partial charge in [-0.3, -0.25) is 0 Å². The summed E-state index contributed by atoms with van der Waals surface area (Å²) >= 11 is 0. The second kappa shape index (κ2) is 1.75. The van der Waals surface area contributed by atoms with E-state index in [2.05, 4.69) is 8.91 Å². The lowest BCUT2D eigenvalue weighted by Gasteiger charge is -2.05. The highest BCUT2D eigenvalue weighted by molar-refractivity contribution is 7.84. The molecule has 0 aromatic heterocycles. The average Bonchev–Trinajstić information content (AvgIpc) is 1.65. The third kappa shape index (κ3) is 1.21. The summed E-state index contributed by atoms with van der Waals surface area (Å²) in [6.07, 6.45) is 2.72. The molecule has 0 unspecified atom stereocenters. The van der Waals surface area contributed by atoms with Crippen molar-refractivity contribution < 1.29 is 12.6 Å². The number of rotatable bonds is 0. The van der Waals surface area contributed by atoms with Gasteiger partial charge in [0, 0.05) is 6.54 Å². The Labute approximate surface area is 47.4 Å². The second-order valence-electron chi connectivity index (χ2n) is 1.27. The van der Waals surface area contributed by atoms with Crippen molar-refractivity contribution in [2.24, 2.45) is 0 Å². The van der Waals surface area contributed by atoms with Gasteiger partial charge in [-0.05, 0) is 6.08 Å². The van der Waals surface area contributed by atoms with E-state index in [1.807, 2.05) is 0 Å². The molecule has 0 aromatic rings. The minimum Gasteiger partial charge on any atom is -0.379 e. The van der Waals surface area contributed by atoms with Gasteiger partial charge in [-0.15, -0.1) is 0 Å². The van der Waals surface area contributed by atoms with Crippen molar-refractivity contribution in [3.63, 3.8) is 0 Å². The fourth-order valence-corrected chi connectivity index (χ4v) is 0.938. The molecule has 1 aliphatic heterocycles. The summed E-state index contributed by atoms with van der Waals surface area (Å²) in [4.78, 5) is 0. The normalized spacial score (nSPS) is 24.5. The molecule has 5 heteroatoms. The zero-order valence-electron chi connectivity index (χ0n) is 3.99. The van der Waals surface area contributed by atoms with Gasteiger partial charge < -0.3 is 4.18 Å². The fraction of sp³-hybridized carbons (Fsp3) is 0.333. The Hall–Kier alpha value is -0.550. The maximum Gasteiger partial charge on any atom is 0.382 e. The standard InChI is InChI=1S/C3H5NO3S/c5-8(6)4-2-1-3-7-8/h1,3-4H,2H2. The average molecular weight is 135 g/mol. The highest BCUT2D eigenvalue weighted by Gasteiger charge is 2.09. The molecule has 1 N–H and O–H groups in total. The predicted octanol–water partition coefficient (Wildman–Crippen LogP) is -0.635. The van der Waals surface area contributed by atoms with Crippen molar-refractivity contribution in [3.8, 4) is 0 Å². The molecule has 0 aliphatic carbocycles. The topological polar surface area (TPSA) is 55.4 Å². The lowest BCUT2D eigenvalue weighted by Crippen LogP contribution is -2.27. The first kappa shape index (κ1) is 5.58. The van der Waals surface area contributed by atoms with Crippen LogP contribution in [-0.2, 0) is 14.5 Å². The first-order valence-corrected chi connectivity index (χ1v) is 3.44. The molecule has 46 valence electrons. The van der Waals surface area contributed by atoms with E-state index in [-0.39, 0.29) is 0 Å². The summed E-state index contributed by atoms with van der Waals surface area (Å²) in [5.41, 5.74) is 0. The van der Waals surface area contributed by atoms with Gasteiger partial charge >= 0.3 is 10.3 Å². The van der Waals surface area contributed by atoms with E-state index in [4.69, 9.17) is 0 Å². The highest BCUT2D eigenvalue weighted by Crippen LogP contribution is 1.92. The van der Waals surface area contributed by atoms with Gasteiger partial charge in [0.15, 0.2) is 0 Å². The molecule has 0 amide bonds.